The zero-order valence-electron chi connectivity index (χ0n) is 20.6. The van der Waals surface area contributed by atoms with Gasteiger partial charge in [-0.3, -0.25) is 24.1 Å². The zero-order valence-corrected chi connectivity index (χ0v) is 22.1. The van der Waals surface area contributed by atoms with E-state index in [-0.39, 0.29) is 49.6 Å². The van der Waals surface area contributed by atoms with E-state index in [1.165, 1.54) is 4.90 Å². The Morgan fingerprint density at radius 2 is 1.64 bits per heavy atom. The molecule has 0 saturated heterocycles. The maximum absolute atomic E-state index is 13.4. The number of halogens is 2. The van der Waals surface area contributed by atoms with E-state index in [2.05, 4.69) is 5.32 Å². The maximum Gasteiger partial charge on any atom is 0.261 e. The monoisotopic (exact) mass is 531 g/mol. The summed E-state index contributed by atoms with van der Waals surface area (Å²) >= 11 is 12.2. The number of nitrogens with one attached hydrogen (secondary N) is 1. The molecule has 36 heavy (non-hydrogen) atoms. The molecule has 1 atom stereocenters. The lowest BCUT2D eigenvalue weighted by Crippen LogP contribution is -2.49. The molecule has 1 heterocycles. The number of hydrogen-bond acceptors (Lipinski definition) is 4. The van der Waals surface area contributed by atoms with E-state index in [0.717, 1.165) is 18.4 Å². The van der Waals surface area contributed by atoms with Crippen LogP contribution in [0.2, 0.25) is 10.0 Å². The van der Waals surface area contributed by atoms with Crippen LogP contribution in [0.25, 0.3) is 0 Å². The molecule has 0 fully saturated rings. The fourth-order valence-corrected chi connectivity index (χ4v) is 4.56. The third kappa shape index (κ3) is 6.45. The highest BCUT2D eigenvalue weighted by molar-refractivity contribution is 6.42. The molecule has 2 aromatic carbocycles. The minimum atomic E-state index is -0.664. The van der Waals surface area contributed by atoms with Crippen molar-refractivity contribution in [3.05, 3.63) is 69.2 Å². The van der Waals surface area contributed by atoms with Crippen molar-refractivity contribution in [3.63, 3.8) is 0 Å². The summed E-state index contributed by atoms with van der Waals surface area (Å²) in [5, 5.41) is 3.70. The molecule has 0 aromatic heterocycles. The lowest BCUT2D eigenvalue weighted by Gasteiger charge is -2.31. The van der Waals surface area contributed by atoms with E-state index >= 15 is 0 Å². The second kappa shape index (κ2) is 12.9. The van der Waals surface area contributed by atoms with Crippen LogP contribution in [0.15, 0.2) is 42.5 Å². The van der Waals surface area contributed by atoms with Crippen LogP contribution in [0.3, 0.4) is 0 Å². The van der Waals surface area contributed by atoms with Crippen LogP contribution in [0, 0.1) is 0 Å². The first-order chi connectivity index (χ1) is 17.3. The molecule has 1 N–H and O–H groups in total. The predicted octanol–water partition coefficient (Wildman–Crippen LogP) is 5.09. The standard InChI is InChI=1S/C27H31Cl2N3O4/c1-3-5-14-30-25(34)23(4-2)32(17-18-12-13-21(28)22(29)16-18)24(33)11-8-15-31-26(35)19-9-6-7-10-20(19)27(31)36/h6-7,9-10,12-13,16,23H,3-5,8,11,14-15,17H2,1-2H3,(H,30,34)/t23-/m0/s1. The van der Waals surface area contributed by atoms with Gasteiger partial charge in [0.05, 0.1) is 21.2 Å². The molecule has 0 spiro atoms. The van der Waals surface area contributed by atoms with E-state index in [9.17, 15) is 19.2 Å². The van der Waals surface area contributed by atoms with Gasteiger partial charge in [0.1, 0.15) is 6.04 Å². The lowest BCUT2D eigenvalue weighted by molar-refractivity contribution is -0.141. The Bertz CT molecular complexity index is 1100. The van der Waals surface area contributed by atoms with Crippen molar-refractivity contribution in [1.29, 1.82) is 0 Å². The van der Waals surface area contributed by atoms with Crippen molar-refractivity contribution in [2.24, 2.45) is 0 Å². The first-order valence-electron chi connectivity index (χ1n) is 12.2. The molecule has 9 heteroatoms. The first kappa shape index (κ1) is 27.7. The summed E-state index contributed by atoms with van der Waals surface area (Å²) in [4.78, 5) is 54.3. The molecule has 192 valence electrons. The number of benzene rings is 2. The summed E-state index contributed by atoms with van der Waals surface area (Å²) in [6, 6.07) is 11.1. The highest BCUT2D eigenvalue weighted by atomic mass is 35.5. The average Bonchev–Trinajstić information content (AvgIpc) is 3.11. The van der Waals surface area contributed by atoms with E-state index in [0.29, 0.717) is 34.1 Å². The van der Waals surface area contributed by atoms with Gasteiger partial charge in [-0.25, -0.2) is 0 Å². The summed E-state index contributed by atoms with van der Waals surface area (Å²) in [5.41, 5.74) is 1.51. The van der Waals surface area contributed by atoms with Crippen molar-refractivity contribution in [3.8, 4) is 0 Å². The summed E-state index contributed by atoms with van der Waals surface area (Å²) in [5.74, 6) is -1.15. The number of amides is 4. The minimum absolute atomic E-state index is 0.0769. The van der Waals surface area contributed by atoms with Crippen LogP contribution in [0.5, 0.6) is 0 Å². The zero-order chi connectivity index (χ0) is 26.2. The molecule has 0 aliphatic carbocycles. The molecule has 7 nitrogen and oxygen atoms in total. The Labute approximate surface area is 221 Å². The van der Waals surface area contributed by atoms with Crippen molar-refractivity contribution in [2.45, 2.75) is 58.5 Å². The van der Waals surface area contributed by atoms with Crippen molar-refractivity contribution < 1.29 is 19.2 Å². The minimum Gasteiger partial charge on any atom is -0.354 e. The smallest absolute Gasteiger partial charge is 0.261 e. The Morgan fingerprint density at radius 3 is 2.22 bits per heavy atom. The van der Waals surface area contributed by atoms with Gasteiger partial charge < -0.3 is 10.2 Å². The van der Waals surface area contributed by atoms with Crippen LogP contribution in [0.4, 0.5) is 0 Å². The number of rotatable bonds is 12. The molecule has 0 radical (unpaired) electrons. The number of carbonyl (C=O) groups is 4. The van der Waals surface area contributed by atoms with Crippen molar-refractivity contribution in [1.82, 2.24) is 15.1 Å². The second-order valence-electron chi connectivity index (χ2n) is 8.75. The number of nitrogens with zero attached hydrogens (tertiary/aromatic N) is 2. The third-order valence-electron chi connectivity index (χ3n) is 6.20. The summed E-state index contributed by atoms with van der Waals surface area (Å²) < 4.78 is 0. The van der Waals surface area contributed by atoms with Gasteiger partial charge in [-0.05, 0) is 49.1 Å². The van der Waals surface area contributed by atoms with Crippen LogP contribution in [-0.2, 0) is 16.1 Å². The third-order valence-corrected chi connectivity index (χ3v) is 6.94. The highest BCUT2D eigenvalue weighted by Crippen LogP contribution is 2.25. The second-order valence-corrected chi connectivity index (χ2v) is 9.56. The van der Waals surface area contributed by atoms with Crippen LogP contribution in [0.1, 0.15) is 72.2 Å². The molecular formula is C27H31Cl2N3O4. The molecule has 3 rings (SSSR count). The molecule has 0 bridgehead atoms. The van der Waals surface area contributed by atoms with E-state index in [1.807, 2.05) is 13.8 Å². The Balaban J connectivity index is 1.71. The largest absolute Gasteiger partial charge is 0.354 e. The Morgan fingerprint density at radius 1 is 0.972 bits per heavy atom. The normalized spacial score (nSPS) is 13.5. The van der Waals surface area contributed by atoms with Gasteiger partial charge in [-0.1, -0.05) is 61.7 Å². The first-order valence-corrected chi connectivity index (χ1v) is 13.0. The SMILES string of the molecule is CCCCNC(=O)[C@H](CC)N(Cc1ccc(Cl)c(Cl)c1)C(=O)CCCN1C(=O)c2ccccc2C1=O. The topological polar surface area (TPSA) is 86.8 Å². The number of carbonyl (C=O) groups excluding carboxylic acids is 4. The summed E-state index contributed by atoms with van der Waals surface area (Å²) in [6.07, 6.45) is 2.59. The number of imide groups is 1. The summed E-state index contributed by atoms with van der Waals surface area (Å²) in [7, 11) is 0. The predicted molar refractivity (Wildman–Crippen MR) is 140 cm³/mol. The molecule has 0 saturated carbocycles. The number of unbranched alkanes of at least 4 members (excludes halogenated alkanes) is 1. The highest BCUT2D eigenvalue weighted by Gasteiger charge is 2.35. The van der Waals surface area contributed by atoms with Gasteiger partial charge in [-0.15, -0.1) is 0 Å². The molecule has 2 aromatic rings. The fourth-order valence-electron chi connectivity index (χ4n) is 4.23. The Hall–Kier alpha value is -2.90. The lowest BCUT2D eigenvalue weighted by atomic mass is 10.1. The number of fused-ring (bicyclic) bond motifs is 1. The van der Waals surface area contributed by atoms with Gasteiger partial charge in [0.25, 0.3) is 11.8 Å². The van der Waals surface area contributed by atoms with Gasteiger partial charge in [0, 0.05) is 26.1 Å². The molecule has 4 amide bonds. The van der Waals surface area contributed by atoms with Crippen molar-refractivity contribution >= 4 is 46.8 Å². The maximum atomic E-state index is 13.4. The van der Waals surface area contributed by atoms with Gasteiger partial charge in [-0.2, -0.15) is 0 Å². The average molecular weight is 532 g/mol. The molecule has 1 aliphatic heterocycles. The van der Waals surface area contributed by atoms with Crippen molar-refractivity contribution in [2.75, 3.05) is 13.1 Å². The van der Waals surface area contributed by atoms with Crippen LogP contribution >= 0.6 is 23.2 Å². The van der Waals surface area contributed by atoms with Crippen LogP contribution < -0.4 is 5.32 Å². The summed E-state index contributed by atoms with van der Waals surface area (Å²) in [6.45, 7) is 4.75. The fraction of sp³-hybridized carbons (Fsp3) is 0.407. The van der Waals surface area contributed by atoms with Gasteiger partial charge in [0.15, 0.2) is 0 Å². The van der Waals surface area contributed by atoms with Gasteiger partial charge >= 0.3 is 0 Å². The quantitative estimate of drug-likeness (QED) is 0.305. The van der Waals surface area contributed by atoms with Gasteiger partial charge in [0.2, 0.25) is 11.8 Å². The van der Waals surface area contributed by atoms with E-state index in [4.69, 9.17) is 23.2 Å². The molecular weight excluding hydrogens is 501 g/mol. The van der Waals surface area contributed by atoms with E-state index < -0.39 is 6.04 Å². The molecule has 0 unspecified atom stereocenters. The van der Waals surface area contributed by atoms with E-state index in [1.54, 1.807) is 47.4 Å². The Kier molecular flexibility index (Phi) is 9.90. The van der Waals surface area contributed by atoms with Crippen LogP contribution in [-0.4, -0.2) is 52.6 Å². The molecule has 1 aliphatic rings. The number of hydrogen-bond donors (Lipinski definition) is 1.